The van der Waals surface area contributed by atoms with Gasteiger partial charge in [0.15, 0.2) is 0 Å². The number of hydrogen-bond acceptors (Lipinski definition) is 1. The van der Waals surface area contributed by atoms with Crippen molar-refractivity contribution < 1.29 is 0 Å². The molecule has 0 unspecified atom stereocenters. The van der Waals surface area contributed by atoms with Crippen LogP contribution in [-0.2, 0) is 0 Å². The molecule has 0 spiro atoms. The average molecular weight is 300 g/mol. The molecule has 0 atom stereocenters. The predicted octanol–water partition coefficient (Wildman–Crippen LogP) is 5.05. The lowest BCUT2D eigenvalue weighted by Gasteiger charge is -2.25. The van der Waals surface area contributed by atoms with Gasteiger partial charge in [0.25, 0.3) is 0 Å². The maximum absolute atomic E-state index is 6.01. The topological polar surface area (TPSA) is 12.0 Å². The van der Waals surface area contributed by atoms with Gasteiger partial charge in [-0.15, -0.1) is 0 Å². The number of nitrogens with one attached hydrogen (secondary N) is 1. The first-order valence-corrected chi connectivity index (χ1v) is 6.52. The summed E-state index contributed by atoms with van der Waals surface area (Å²) in [4.78, 5) is 0. The second-order valence-electron chi connectivity index (χ2n) is 3.73. The number of para-hydroxylation sites is 1. The van der Waals surface area contributed by atoms with Gasteiger partial charge in [0, 0.05) is 5.69 Å². The minimum atomic E-state index is -1.50. The molecule has 1 nitrogen and oxygen atoms in total. The molecule has 2 aromatic carbocycles. The molecule has 0 aromatic heterocycles. The molecule has 0 saturated carbocycles. The molecule has 2 rings (SSSR count). The van der Waals surface area contributed by atoms with Crippen molar-refractivity contribution in [1.29, 1.82) is 0 Å². The Morgan fingerprint density at radius 2 is 1.28 bits per heavy atom. The zero-order valence-corrected chi connectivity index (χ0v) is 11.7. The maximum Gasteiger partial charge on any atom is 0.220 e. The third kappa shape index (κ3) is 3.55. The van der Waals surface area contributed by atoms with E-state index in [9.17, 15) is 0 Å². The van der Waals surface area contributed by atoms with Crippen LogP contribution in [0.25, 0.3) is 0 Å². The summed E-state index contributed by atoms with van der Waals surface area (Å²) in [5.74, 6) is 0. The molecule has 18 heavy (non-hydrogen) atoms. The summed E-state index contributed by atoms with van der Waals surface area (Å²) in [6, 6.07) is 19.7. The van der Waals surface area contributed by atoms with Crippen LogP contribution < -0.4 is 5.32 Å². The summed E-state index contributed by atoms with van der Waals surface area (Å²) in [6.07, 6.45) is 0. The Bertz CT molecular complexity index is 479. The highest BCUT2D eigenvalue weighted by molar-refractivity contribution is 6.69. The summed E-state index contributed by atoms with van der Waals surface area (Å²) in [6.45, 7) is 0. The van der Waals surface area contributed by atoms with E-state index in [1.54, 1.807) is 0 Å². The second kappa shape index (κ2) is 5.83. The van der Waals surface area contributed by atoms with E-state index in [2.05, 4.69) is 5.32 Å². The van der Waals surface area contributed by atoms with Crippen LogP contribution in [-0.4, -0.2) is 3.79 Å². The smallest absolute Gasteiger partial charge is 0.220 e. The monoisotopic (exact) mass is 298 g/mol. The predicted molar refractivity (Wildman–Crippen MR) is 79.1 cm³/mol. The van der Waals surface area contributed by atoms with E-state index in [4.69, 9.17) is 34.8 Å². The lowest BCUT2D eigenvalue weighted by atomic mass is 10.1. The zero-order valence-electron chi connectivity index (χ0n) is 9.41. The Morgan fingerprint density at radius 1 is 0.778 bits per heavy atom. The van der Waals surface area contributed by atoms with Gasteiger partial charge in [-0.05, 0) is 17.7 Å². The number of anilines is 1. The van der Waals surface area contributed by atoms with E-state index < -0.39 is 3.79 Å². The first-order valence-electron chi connectivity index (χ1n) is 5.39. The van der Waals surface area contributed by atoms with Gasteiger partial charge < -0.3 is 5.32 Å². The third-order valence-electron chi connectivity index (χ3n) is 2.39. The van der Waals surface area contributed by atoms with Gasteiger partial charge in [-0.3, -0.25) is 0 Å². The fourth-order valence-electron chi connectivity index (χ4n) is 1.58. The molecule has 0 saturated heterocycles. The summed E-state index contributed by atoms with van der Waals surface area (Å²) < 4.78 is -1.50. The highest BCUT2D eigenvalue weighted by atomic mass is 35.6. The van der Waals surface area contributed by atoms with Crippen LogP contribution in [0.5, 0.6) is 0 Å². The van der Waals surface area contributed by atoms with Gasteiger partial charge >= 0.3 is 0 Å². The second-order valence-corrected chi connectivity index (χ2v) is 6.01. The fraction of sp³-hybridized carbons (Fsp3) is 0.0714. The zero-order chi connectivity index (χ0) is 13.0. The Balaban J connectivity index is 2.28. The number of benzene rings is 2. The lowest BCUT2D eigenvalue weighted by molar-refractivity contribution is 1.06. The van der Waals surface area contributed by atoms with E-state index in [-0.39, 0.29) is 0 Å². The standard InChI is InChI=1S/C14H11Cl3N/c15-14(16,17)13(11-7-3-1-4-8-11)18-12-9-5-2-6-10-12/h1-10,18H. The molecule has 0 fully saturated rings. The van der Waals surface area contributed by atoms with Crippen molar-refractivity contribution in [2.24, 2.45) is 0 Å². The largest absolute Gasteiger partial charge is 0.369 e. The Labute approximate surface area is 122 Å². The van der Waals surface area contributed by atoms with Gasteiger partial charge in [0.1, 0.15) is 6.04 Å². The van der Waals surface area contributed by atoms with Crippen LogP contribution in [0.2, 0.25) is 0 Å². The minimum absolute atomic E-state index is 0.541. The molecular formula is C14H11Cl3N. The van der Waals surface area contributed by atoms with E-state index in [0.29, 0.717) is 6.04 Å². The van der Waals surface area contributed by atoms with Crippen molar-refractivity contribution in [3.05, 3.63) is 72.3 Å². The number of halogens is 3. The molecule has 1 N–H and O–H groups in total. The summed E-state index contributed by atoms with van der Waals surface area (Å²) in [5, 5.41) is 3.16. The van der Waals surface area contributed by atoms with E-state index in [1.807, 2.05) is 60.7 Å². The fourth-order valence-corrected chi connectivity index (χ4v) is 2.05. The van der Waals surface area contributed by atoms with E-state index >= 15 is 0 Å². The molecule has 0 aliphatic carbocycles. The highest BCUT2D eigenvalue weighted by Gasteiger charge is 2.35. The van der Waals surface area contributed by atoms with Gasteiger partial charge in [-0.25, -0.2) is 0 Å². The third-order valence-corrected chi connectivity index (χ3v) is 2.96. The van der Waals surface area contributed by atoms with Gasteiger partial charge in [0.05, 0.1) is 0 Å². The van der Waals surface area contributed by atoms with Crippen molar-refractivity contribution >= 4 is 40.5 Å². The first kappa shape index (κ1) is 13.5. The Kier molecular flexibility index (Phi) is 4.39. The van der Waals surface area contributed by atoms with Crippen molar-refractivity contribution in [2.75, 3.05) is 5.32 Å². The average Bonchev–Trinajstić information content (AvgIpc) is 2.37. The molecule has 0 heterocycles. The van der Waals surface area contributed by atoms with Crippen LogP contribution in [0, 0.1) is 6.04 Å². The van der Waals surface area contributed by atoms with E-state index in [0.717, 1.165) is 11.3 Å². The van der Waals surface area contributed by atoms with Crippen LogP contribution in [0.3, 0.4) is 0 Å². The molecule has 1 radical (unpaired) electrons. The number of alkyl halides is 3. The minimum Gasteiger partial charge on any atom is -0.369 e. The summed E-state index contributed by atoms with van der Waals surface area (Å²) >= 11 is 18.0. The van der Waals surface area contributed by atoms with Crippen molar-refractivity contribution in [1.82, 2.24) is 0 Å². The summed E-state index contributed by atoms with van der Waals surface area (Å²) in [7, 11) is 0. The van der Waals surface area contributed by atoms with Crippen LogP contribution in [0.1, 0.15) is 5.56 Å². The van der Waals surface area contributed by atoms with Crippen LogP contribution >= 0.6 is 34.8 Å². The van der Waals surface area contributed by atoms with Crippen molar-refractivity contribution in [3.63, 3.8) is 0 Å². The molecule has 2 aromatic rings. The molecule has 93 valence electrons. The Hall–Kier alpha value is -0.890. The quantitative estimate of drug-likeness (QED) is 0.782. The SMILES string of the molecule is ClC(Cl)(Cl)[C](Nc1ccccc1)c1ccccc1. The molecule has 4 heteroatoms. The summed E-state index contributed by atoms with van der Waals surface area (Å²) in [5.41, 5.74) is 1.73. The van der Waals surface area contributed by atoms with Crippen LogP contribution in [0.15, 0.2) is 60.7 Å². The molecular weight excluding hydrogens is 289 g/mol. The van der Waals surface area contributed by atoms with Crippen LogP contribution in [0.4, 0.5) is 5.69 Å². The molecule has 0 aliphatic rings. The van der Waals surface area contributed by atoms with E-state index in [1.165, 1.54) is 0 Å². The van der Waals surface area contributed by atoms with Crippen molar-refractivity contribution in [3.8, 4) is 0 Å². The number of hydrogen-bond donors (Lipinski definition) is 1. The normalized spacial score (nSPS) is 11.6. The van der Waals surface area contributed by atoms with Gasteiger partial charge in [0.2, 0.25) is 3.79 Å². The van der Waals surface area contributed by atoms with Gasteiger partial charge in [-0.1, -0.05) is 83.3 Å². The number of rotatable bonds is 3. The molecule has 0 bridgehead atoms. The highest BCUT2D eigenvalue weighted by Crippen LogP contribution is 2.40. The molecule has 0 amide bonds. The first-order chi connectivity index (χ1) is 8.57. The van der Waals surface area contributed by atoms with Crippen molar-refractivity contribution in [2.45, 2.75) is 3.79 Å². The van der Waals surface area contributed by atoms with Gasteiger partial charge in [-0.2, -0.15) is 0 Å². The Morgan fingerprint density at radius 3 is 1.78 bits per heavy atom. The maximum atomic E-state index is 6.01. The molecule has 0 aliphatic heterocycles. The lowest BCUT2D eigenvalue weighted by Crippen LogP contribution is -2.26.